The van der Waals surface area contributed by atoms with Crippen LogP contribution in [0.15, 0.2) is 0 Å². The first-order chi connectivity index (χ1) is 5.91. The van der Waals surface area contributed by atoms with Crippen LogP contribution >= 0.6 is 0 Å². The summed E-state index contributed by atoms with van der Waals surface area (Å²) in [5.41, 5.74) is 4.61. The number of aliphatic hydroxyl groups is 5. The molecule has 0 aliphatic rings. The predicted octanol–water partition coefficient (Wildman–Crippen LogP) is -4.09. The maximum absolute atomic E-state index is 10.3. The first-order valence-electron chi connectivity index (χ1n) is 3.54. The highest BCUT2D eigenvalue weighted by Gasteiger charge is 2.32. The molecule has 0 saturated carbocycles. The third kappa shape index (κ3) is 3.25. The Kier molecular flexibility index (Phi) is 4.81. The van der Waals surface area contributed by atoms with Crippen LogP contribution in [-0.2, 0) is 4.79 Å². The van der Waals surface area contributed by atoms with Gasteiger partial charge in [0.1, 0.15) is 18.3 Å². The average Bonchev–Trinajstić information content (AvgIpc) is 2.12. The van der Waals surface area contributed by atoms with Crippen molar-refractivity contribution >= 4 is 5.91 Å². The quantitative estimate of drug-likeness (QED) is 0.263. The van der Waals surface area contributed by atoms with Crippen molar-refractivity contribution in [3.63, 3.8) is 0 Å². The predicted molar refractivity (Wildman–Crippen MR) is 40.3 cm³/mol. The number of aliphatic hydroxyl groups excluding tert-OH is 5. The Morgan fingerprint density at radius 1 is 1.15 bits per heavy atom. The molecule has 0 aromatic heterocycles. The molecular formula is C6H13NO6. The molecule has 1 amide bonds. The molecule has 0 fully saturated rings. The van der Waals surface area contributed by atoms with Gasteiger partial charge in [-0.15, -0.1) is 0 Å². The number of rotatable bonds is 5. The van der Waals surface area contributed by atoms with Crippen LogP contribution in [0.1, 0.15) is 0 Å². The summed E-state index contributed by atoms with van der Waals surface area (Å²) in [4.78, 5) is 10.3. The second-order valence-corrected chi connectivity index (χ2v) is 2.58. The molecule has 0 aliphatic heterocycles. The molecule has 4 atom stereocenters. The highest BCUT2D eigenvalue weighted by molar-refractivity contribution is 5.79. The molecule has 0 unspecified atom stereocenters. The fourth-order valence-corrected chi connectivity index (χ4v) is 0.691. The first kappa shape index (κ1) is 12.3. The van der Waals surface area contributed by atoms with Gasteiger partial charge >= 0.3 is 0 Å². The van der Waals surface area contributed by atoms with Gasteiger partial charge < -0.3 is 31.3 Å². The molecule has 0 aromatic carbocycles. The van der Waals surface area contributed by atoms with Crippen LogP contribution in [0.4, 0.5) is 0 Å². The molecule has 0 radical (unpaired) electrons. The number of hydrogen-bond donors (Lipinski definition) is 6. The van der Waals surface area contributed by atoms with Gasteiger partial charge in [0.25, 0.3) is 0 Å². The van der Waals surface area contributed by atoms with E-state index in [1.165, 1.54) is 0 Å². The van der Waals surface area contributed by atoms with Crippen molar-refractivity contribution in [2.24, 2.45) is 5.73 Å². The minimum atomic E-state index is -1.98. The van der Waals surface area contributed by atoms with E-state index in [1.54, 1.807) is 0 Å². The zero-order chi connectivity index (χ0) is 10.6. The van der Waals surface area contributed by atoms with E-state index in [2.05, 4.69) is 5.73 Å². The lowest BCUT2D eigenvalue weighted by molar-refractivity contribution is -0.146. The van der Waals surface area contributed by atoms with Crippen LogP contribution in [-0.4, -0.2) is 62.5 Å². The van der Waals surface area contributed by atoms with Crippen molar-refractivity contribution in [2.75, 3.05) is 6.61 Å². The zero-order valence-corrected chi connectivity index (χ0v) is 6.74. The Labute approximate surface area is 74.0 Å². The summed E-state index contributed by atoms with van der Waals surface area (Å²) >= 11 is 0. The molecule has 7 nitrogen and oxygen atoms in total. The third-order valence-electron chi connectivity index (χ3n) is 1.55. The summed E-state index contributed by atoms with van der Waals surface area (Å²) in [7, 11) is 0. The van der Waals surface area contributed by atoms with Gasteiger partial charge in [0.15, 0.2) is 6.10 Å². The van der Waals surface area contributed by atoms with Crippen LogP contribution in [0.25, 0.3) is 0 Å². The molecule has 0 aromatic rings. The van der Waals surface area contributed by atoms with Gasteiger partial charge in [0, 0.05) is 0 Å². The van der Waals surface area contributed by atoms with E-state index in [9.17, 15) is 4.79 Å². The van der Waals surface area contributed by atoms with Gasteiger partial charge in [0.05, 0.1) is 6.61 Å². The van der Waals surface area contributed by atoms with E-state index in [4.69, 9.17) is 25.5 Å². The smallest absolute Gasteiger partial charge is 0.249 e. The van der Waals surface area contributed by atoms with Crippen LogP contribution in [0.5, 0.6) is 0 Å². The Hall–Kier alpha value is -0.730. The van der Waals surface area contributed by atoms with Crippen LogP contribution in [0.3, 0.4) is 0 Å². The van der Waals surface area contributed by atoms with Gasteiger partial charge in [-0.2, -0.15) is 0 Å². The van der Waals surface area contributed by atoms with Gasteiger partial charge in [0.2, 0.25) is 5.91 Å². The fraction of sp³-hybridized carbons (Fsp3) is 0.833. The molecule has 0 saturated heterocycles. The van der Waals surface area contributed by atoms with Crippen molar-refractivity contribution in [1.29, 1.82) is 0 Å². The van der Waals surface area contributed by atoms with E-state index in [0.29, 0.717) is 0 Å². The summed E-state index contributed by atoms with van der Waals surface area (Å²) < 4.78 is 0. The molecule has 7 heteroatoms. The number of carbonyl (C=O) groups excluding carboxylic acids is 1. The number of amides is 1. The maximum atomic E-state index is 10.3. The Balaban J connectivity index is 4.24. The zero-order valence-electron chi connectivity index (χ0n) is 6.74. The van der Waals surface area contributed by atoms with E-state index < -0.39 is 36.9 Å². The molecule has 0 rings (SSSR count). The number of primary amides is 1. The third-order valence-corrected chi connectivity index (χ3v) is 1.55. The van der Waals surface area contributed by atoms with Gasteiger partial charge in [-0.25, -0.2) is 0 Å². The highest BCUT2D eigenvalue weighted by Crippen LogP contribution is 2.04. The molecule has 0 aliphatic carbocycles. The SMILES string of the molecule is NC(=O)[C@@H](O)[C@H](O)[C@H](O)[C@@H](O)CO. The van der Waals surface area contributed by atoms with Crippen molar-refractivity contribution < 1.29 is 30.3 Å². The van der Waals surface area contributed by atoms with Gasteiger partial charge in [-0.3, -0.25) is 4.79 Å². The van der Waals surface area contributed by atoms with Crippen molar-refractivity contribution in [1.82, 2.24) is 0 Å². The molecule has 0 heterocycles. The average molecular weight is 195 g/mol. The van der Waals surface area contributed by atoms with E-state index in [0.717, 1.165) is 0 Å². The highest BCUT2D eigenvalue weighted by atomic mass is 16.4. The second-order valence-electron chi connectivity index (χ2n) is 2.58. The van der Waals surface area contributed by atoms with Gasteiger partial charge in [-0.1, -0.05) is 0 Å². The molecule has 0 spiro atoms. The van der Waals surface area contributed by atoms with Crippen LogP contribution < -0.4 is 5.73 Å². The summed E-state index contributed by atoms with van der Waals surface area (Å²) in [5, 5.41) is 44.0. The maximum Gasteiger partial charge on any atom is 0.249 e. The van der Waals surface area contributed by atoms with Crippen LogP contribution in [0.2, 0.25) is 0 Å². The number of carbonyl (C=O) groups is 1. The minimum absolute atomic E-state index is 0.802. The van der Waals surface area contributed by atoms with Gasteiger partial charge in [-0.05, 0) is 0 Å². The standard InChI is InChI=1S/C6H13NO6/c7-6(13)5(12)4(11)3(10)2(9)1-8/h2-5,8-12H,1H2,(H2,7,13)/t2-,3+,4+,5-/m0/s1. The van der Waals surface area contributed by atoms with E-state index in [1.807, 2.05) is 0 Å². The molecular weight excluding hydrogens is 182 g/mol. The van der Waals surface area contributed by atoms with E-state index >= 15 is 0 Å². The topological polar surface area (TPSA) is 144 Å². The minimum Gasteiger partial charge on any atom is -0.394 e. The van der Waals surface area contributed by atoms with Crippen molar-refractivity contribution in [3.05, 3.63) is 0 Å². The number of hydrogen-bond acceptors (Lipinski definition) is 6. The van der Waals surface area contributed by atoms with Crippen LogP contribution in [0, 0.1) is 0 Å². The lowest BCUT2D eigenvalue weighted by Gasteiger charge is -2.23. The van der Waals surface area contributed by atoms with E-state index in [-0.39, 0.29) is 0 Å². The summed E-state index contributed by atoms with van der Waals surface area (Å²) in [6.07, 6.45) is -7.35. The first-order valence-corrected chi connectivity index (χ1v) is 3.54. The Bertz CT molecular complexity index is 175. The second kappa shape index (κ2) is 5.10. The Morgan fingerprint density at radius 2 is 1.62 bits per heavy atom. The lowest BCUT2D eigenvalue weighted by atomic mass is 10.0. The van der Waals surface area contributed by atoms with Crippen molar-refractivity contribution in [3.8, 4) is 0 Å². The number of nitrogens with two attached hydrogens (primary N) is 1. The molecule has 0 bridgehead atoms. The summed E-state index contributed by atoms with van der Waals surface area (Å²) in [5.74, 6) is -1.23. The molecule has 7 N–H and O–H groups in total. The summed E-state index contributed by atoms with van der Waals surface area (Å²) in [6.45, 7) is -0.802. The molecule has 13 heavy (non-hydrogen) atoms. The molecule has 78 valence electrons. The lowest BCUT2D eigenvalue weighted by Crippen LogP contribution is -2.50. The fourth-order valence-electron chi connectivity index (χ4n) is 0.691. The normalized spacial score (nSPS) is 20.4. The van der Waals surface area contributed by atoms with Crippen molar-refractivity contribution in [2.45, 2.75) is 24.4 Å². The largest absolute Gasteiger partial charge is 0.394 e. The Morgan fingerprint density at radius 3 is 1.92 bits per heavy atom. The monoisotopic (exact) mass is 195 g/mol. The summed E-state index contributed by atoms with van der Waals surface area (Å²) in [6, 6.07) is 0.